The number of aryl methyl sites for hydroxylation is 1. The fourth-order valence-electron chi connectivity index (χ4n) is 2.87. The van der Waals surface area contributed by atoms with E-state index in [9.17, 15) is 0 Å². The predicted octanol–water partition coefficient (Wildman–Crippen LogP) is 6.06. The summed E-state index contributed by atoms with van der Waals surface area (Å²) in [4.78, 5) is 4.35. The molecule has 4 aromatic rings. The zero-order chi connectivity index (χ0) is 21.3. The molecule has 1 heterocycles. The van der Waals surface area contributed by atoms with Crippen molar-refractivity contribution in [2.24, 2.45) is 5.10 Å². The molecule has 0 aliphatic rings. The van der Waals surface area contributed by atoms with E-state index < -0.39 is 0 Å². The van der Waals surface area contributed by atoms with Crippen LogP contribution in [0.2, 0.25) is 0 Å². The number of anilines is 1. The Balaban J connectivity index is 1.49. The summed E-state index contributed by atoms with van der Waals surface area (Å²) in [5.74, 6) is 1.45. The third-order valence-electron chi connectivity index (χ3n) is 4.45. The first-order valence-corrected chi connectivity index (χ1v) is 10.8. The van der Waals surface area contributed by atoms with Crippen LogP contribution in [0.4, 0.5) is 5.13 Å². The summed E-state index contributed by atoms with van der Waals surface area (Å²) in [6, 6.07) is 25.9. The Morgan fingerprint density at radius 2 is 1.58 bits per heavy atom. The molecule has 0 unspecified atom stereocenters. The molecular weight excluding hydrogens is 406 g/mol. The van der Waals surface area contributed by atoms with Crippen LogP contribution in [0.1, 0.15) is 22.4 Å². The fraction of sp³-hybridized carbons (Fsp3) is 0.120. The van der Waals surface area contributed by atoms with Gasteiger partial charge in [0.05, 0.1) is 11.9 Å². The molecule has 0 bridgehead atoms. The lowest BCUT2D eigenvalue weighted by Gasteiger charge is -2.12. The molecule has 6 heteroatoms. The van der Waals surface area contributed by atoms with Crippen molar-refractivity contribution in [2.45, 2.75) is 20.1 Å². The van der Waals surface area contributed by atoms with Crippen LogP contribution in [-0.4, -0.2) is 11.2 Å². The highest BCUT2D eigenvalue weighted by Gasteiger charge is 2.07. The van der Waals surface area contributed by atoms with E-state index in [-0.39, 0.29) is 0 Å². The normalized spacial score (nSPS) is 10.9. The van der Waals surface area contributed by atoms with E-state index in [1.807, 2.05) is 91.2 Å². The molecule has 5 nitrogen and oxygen atoms in total. The molecule has 3 aromatic carbocycles. The molecule has 156 valence electrons. The second-order valence-corrected chi connectivity index (χ2v) is 7.77. The number of ether oxygens (including phenoxy) is 2. The number of nitrogens with zero attached hydrogens (tertiary/aromatic N) is 2. The molecule has 0 spiro atoms. The maximum Gasteiger partial charge on any atom is 0.203 e. The molecular formula is C25H23N3O2S. The molecule has 0 aliphatic carbocycles. The van der Waals surface area contributed by atoms with Crippen LogP contribution in [0.5, 0.6) is 11.5 Å². The summed E-state index contributed by atoms with van der Waals surface area (Å²) in [5.41, 5.74) is 6.99. The van der Waals surface area contributed by atoms with E-state index in [0.717, 1.165) is 33.3 Å². The quantitative estimate of drug-likeness (QED) is 0.260. The molecule has 1 N–H and O–H groups in total. The van der Waals surface area contributed by atoms with Crippen LogP contribution in [0.3, 0.4) is 0 Å². The lowest BCUT2D eigenvalue weighted by molar-refractivity contribution is 0.289. The van der Waals surface area contributed by atoms with Gasteiger partial charge in [0.2, 0.25) is 5.13 Å². The zero-order valence-electron chi connectivity index (χ0n) is 17.2. The maximum atomic E-state index is 6.11. The Morgan fingerprint density at radius 3 is 2.23 bits per heavy atom. The first-order chi connectivity index (χ1) is 15.3. The lowest BCUT2D eigenvalue weighted by Crippen LogP contribution is -2.01. The van der Waals surface area contributed by atoms with Gasteiger partial charge in [-0.2, -0.15) is 5.10 Å². The number of hydrogen-bond acceptors (Lipinski definition) is 6. The van der Waals surface area contributed by atoms with E-state index in [2.05, 4.69) is 15.5 Å². The van der Waals surface area contributed by atoms with Crippen molar-refractivity contribution in [2.75, 3.05) is 5.43 Å². The SMILES string of the molecule is Cc1csc(NN=Cc2ccc(OCc3ccccc3)cc2OCc2ccccc2)n1. The third kappa shape index (κ3) is 6.17. The molecule has 0 fully saturated rings. The number of benzene rings is 3. The lowest BCUT2D eigenvalue weighted by atomic mass is 10.2. The van der Waals surface area contributed by atoms with Gasteiger partial charge < -0.3 is 9.47 Å². The van der Waals surface area contributed by atoms with Crippen LogP contribution in [-0.2, 0) is 13.2 Å². The molecule has 0 atom stereocenters. The maximum absolute atomic E-state index is 6.11. The highest BCUT2D eigenvalue weighted by Crippen LogP contribution is 2.26. The van der Waals surface area contributed by atoms with Crippen molar-refractivity contribution in [3.63, 3.8) is 0 Å². The average Bonchev–Trinajstić information content (AvgIpc) is 3.23. The van der Waals surface area contributed by atoms with Gasteiger partial charge in [0.1, 0.15) is 24.7 Å². The minimum Gasteiger partial charge on any atom is -0.489 e. The molecule has 0 saturated carbocycles. The van der Waals surface area contributed by atoms with Crippen molar-refractivity contribution < 1.29 is 9.47 Å². The highest BCUT2D eigenvalue weighted by molar-refractivity contribution is 7.13. The van der Waals surface area contributed by atoms with Crippen LogP contribution in [0, 0.1) is 6.92 Å². The number of hydrogen-bond donors (Lipinski definition) is 1. The predicted molar refractivity (Wildman–Crippen MR) is 126 cm³/mol. The minimum absolute atomic E-state index is 0.461. The molecule has 0 amide bonds. The van der Waals surface area contributed by atoms with Crippen molar-refractivity contribution in [1.82, 2.24) is 4.98 Å². The smallest absolute Gasteiger partial charge is 0.203 e. The van der Waals surface area contributed by atoms with Gasteiger partial charge in [-0.15, -0.1) is 11.3 Å². The van der Waals surface area contributed by atoms with Crippen LogP contribution in [0.25, 0.3) is 0 Å². The summed E-state index contributed by atoms with van der Waals surface area (Å²) in [5, 5.41) is 7.05. The highest BCUT2D eigenvalue weighted by atomic mass is 32.1. The Hall–Kier alpha value is -3.64. The largest absolute Gasteiger partial charge is 0.489 e. The molecule has 1 aromatic heterocycles. The number of nitrogens with one attached hydrogen (secondary N) is 1. The number of thiazole rings is 1. The van der Waals surface area contributed by atoms with Crippen molar-refractivity contribution in [3.8, 4) is 11.5 Å². The minimum atomic E-state index is 0.461. The molecule has 0 aliphatic heterocycles. The van der Waals surface area contributed by atoms with Gasteiger partial charge in [-0.1, -0.05) is 60.7 Å². The number of aromatic nitrogens is 1. The first-order valence-electron chi connectivity index (χ1n) is 9.95. The van der Waals surface area contributed by atoms with Gasteiger partial charge >= 0.3 is 0 Å². The molecule has 31 heavy (non-hydrogen) atoms. The van der Waals surface area contributed by atoms with Gasteiger partial charge in [-0.25, -0.2) is 4.98 Å². The summed E-state index contributed by atoms with van der Waals surface area (Å²) < 4.78 is 12.1. The van der Waals surface area contributed by atoms with E-state index in [1.165, 1.54) is 11.3 Å². The van der Waals surface area contributed by atoms with Gasteiger partial charge in [0.15, 0.2) is 0 Å². The Labute approximate surface area is 186 Å². The van der Waals surface area contributed by atoms with Gasteiger partial charge in [-0.3, -0.25) is 5.43 Å². The molecule has 0 saturated heterocycles. The standard InChI is InChI=1S/C25H23N3O2S/c1-19-18-31-25(27-19)28-26-15-22-12-13-23(29-16-20-8-4-2-5-9-20)14-24(22)30-17-21-10-6-3-7-11-21/h2-15,18H,16-17H2,1H3,(H,27,28). The number of rotatable bonds is 9. The van der Waals surface area contributed by atoms with E-state index in [1.54, 1.807) is 6.21 Å². The van der Waals surface area contributed by atoms with Gasteiger partial charge in [0, 0.05) is 17.0 Å². The summed E-state index contributed by atoms with van der Waals surface area (Å²) in [7, 11) is 0. The fourth-order valence-corrected chi connectivity index (χ4v) is 3.51. The van der Waals surface area contributed by atoms with Crippen molar-refractivity contribution >= 4 is 22.7 Å². The van der Waals surface area contributed by atoms with E-state index in [4.69, 9.17) is 9.47 Å². The average molecular weight is 430 g/mol. The van der Waals surface area contributed by atoms with Crippen molar-refractivity contribution in [3.05, 3.63) is 107 Å². The Bertz CT molecular complexity index is 1130. The topological polar surface area (TPSA) is 55.7 Å². The second kappa shape index (κ2) is 10.4. The van der Waals surface area contributed by atoms with Crippen LogP contribution < -0.4 is 14.9 Å². The molecule has 0 radical (unpaired) electrons. The molecule has 4 rings (SSSR count). The summed E-state index contributed by atoms with van der Waals surface area (Å²) in [6.45, 7) is 2.91. The Kier molecular flexibility index (Phi) is 6.92. The van der Waals surface area contributed by atoms with Crippen molar-refractivity contribution in [1.29, 1.82) is 0 Å². The number of hydrazone groups is 1. The second-order valence-electron chi connectivity index (χ2n) is 6.91. The first kappa shape index (κ1) is 20.6. The summed E-state index contributed by atoms with van der Waals surface area (Å²) in [6.07, 6.45) is 1.73. The van der Waals surface area contributed by atoms with E-state index in [0.29, 0.717) is 19.0 Å². The Morgan fingerprint density at radius 1 is 0.903 bits per heavy atom. The van der Waals surface area contributed by atoms with Crippen LogP contribution >= 0.6 is 11.3 Å². The van der Waals surface area contributed by atoms with E-state index >= 15 is 0 Å². The zero-order valence-corrected chi connectivity index (χ0v) is 18.0. The van der Waals surface area contributed by atoms with Crippen LogP contribution in [0.15, 0.2) is 89.3 Å². The van der Waals surface area contributed by atoms with Gasteiger partial charge in [-0.05, 0) is 30.2 Å². The van der Waals surface area contributed by atoms with Gasteiger partial charge in [0.25, 0.3) is 0 Å². The summed E-state index contributed by atoms with van der Waals surface area (Å²) >= 11 is 1.52. The third-order valence-corrected chi connectivity index (χ3v) is 5.32. The monoisotopic (exact) mass is 429 g/mol.